The first kappa shape index (κ1) is 23.2. The van der Waals surface area contributed by atoms with Gasteiger partial charge in [-0.2, -0.15) is 26.3 Å². The second-order valence-electron chi connectivity index (χ2n) is 7.24. The summed E-state index contributed by atoms with van der Waals surface area (Å²) in [4.78, 5) is 11.1. The van der Waals surface area contributed by atoms with E-state index in [4.69, 9.17) is 0 Å². The summed E-state index contributed by atoms with van der Waals surface area (Å²) in [5, 5.41) is 0. The lowest BCUT2D eigenvalue weighted by molar-refractivity contribution is -0.228. The van der Waals surface area contributed by atoms with Crippen LogP contribution in [0.2, 0.25) is 0 Å². The molecule has 0 amide bonds. The van der Waals surface area contributed by atoms with Gasteiger partial charge < -0.3 is 9.88 Å². The monoisotopic (exact) mass is 481 g/mol. The standard InChI is InChI=1S/C22H14F7N5/c1-13-11-33(12-34(13)22(27,28)29)17-4-2-3-15(19(17)23)7-5-14-6-8-16(30-9-14)20-31-10-18(32-20)21(24,25)26/h2-4,6,8-11H,12H2,1H3,(H,31,32). The van der Waals surface area contributed by atoms with Gasteiger partial charge in [0, 0.05) is 23.7 Å². The Labute approximate surface area is 188 Å². The molecule has 5 nitrogen and oxygen atoms in total. The number of hydrogen-bond acceptors (Lipinski definition) is 4. The second-order valence-corrected chi connectivity index (χ2v) is 7.24. The van der Waals surface area contributed by atoms with Crippen LogP contribution in [0.25, 0.3) is 11.5 Å². The molecule has 1 aliphatic rings. The molecule has 34 heavy (non-hydrogen) atoms. The van der Waals surface area contributed by atoms with Gasteiger partial charge in [0.25, 0.3) is 0 Å². The van der Waals surface area contributed by atoms with Gasteiger partial charge in [-0.1, -0.05) is 17.9 Å². The van der Waals surface area contributed by atoms with Gasteiger partial charge in [-0.3, -0.25) is 9.88 Å². The van der Waals surface area contributed by atoms with Crippen molar-refractivity contribution in [2.75, 3.05) is 11.6 Å². The molecule has 0 atom stereocenters. The van der Waals surface area contributed by atoms with Gasteiger partial charge in [-0.15, -0.1) is 0 Å². The quantitative estimate of drug-likeness (QED) is 0.299. The number of halogens is 7. The molecule has 0 saturated heterocycles. The van der Waals surface area contributed by atoms with E-state index in [-0.39, 0.29) is 33.4 Å². The van der Waals surface area contributed by atoms with E-state index in [9.17, 15) is 30.7 Å². The number of nitrogens with zero attached hydrogens (tertiary/aromatic N) is 4. The van der Waals surface area contributed by atoms with Gasteiger partial charge in [-0.05, 0) is 31.2 Å². The van der Waals surface area contributed by atoms with Crippen LogP contribution in [0.5, 0.6) is 0 Å². The average molecular weight is 481 g/mol. The molecule has 0 radical (unpaired) electrons. The molecule has 0 bridgehead atoms. The number of aromatic amines is 1. The Morgan fingerprint density at radius 1 is 0.971 bits per heavy atom. The van der Waals surface area contributed by atoms with Crippen LogP contribution in [0.1, 0.15) is 23.7 Å². The number of benzene rings is 1. The molecular weight excluding hydrogens is 467 g/mol. The summed E-state index contributed by atoms with van der Waals surface area (Å²) in [5.41, 5.74) is -0.696. The highest BCUT2D eigenvalue weighted by atomic mass is 19.4. The van der Waals surface area contributed by atoms with Gasteiger partial charge in [0.15, 0.2) is 11.6 Å². The lowest BCUT2D eigenvalue weighted by atomic mass is 10.1. The van der Waals surface area contributed by atoms with Crippen LogP contribution in [0.15, 0.2) is 54.6 Å². The summed E-state index contributed by atoms with van der Waals surface area (Å²) in [7, 11) is 0. The number of imidazole rings is 1. The Morgan fingerprint density at radius 2 is 1.74 bits per heavy atom. The fourth-order valence-electron chi connectivity index (χ4n) is 3.21. The summed E-state index contributed by atoms with van der Waals surface area (Å²) in [6.07, 6.45) is -6.01. The molecule has 0 fully saturated rings. The SMILES string of the molecule is CC1=CN(c2cccc(C#Cc3ccc(-c4ncc(C(F)(F)F)[nH]4)nc3)c2F)CN1C(F)(F)F. The van der Waals surface area contributed by atoms with E-state index in [1.54, 1.807) is 0 Å². The Balaban J connectivity index is 1.54. The van der Waals surface area contributed by atoms with Crippen LogP contribution in [0, 0.1) is 17.7 Å². The zero-order valence-electron chi connectivity index (χ0n) is 17.3. The minimum Gasteiger partial charge on any atom is -0.333 e. The molecule has 3 heterocycles. The molecule has 1 N–H and O–H groups in total. The molecule has 0 saturated carbocycles. The minimum atomic E-state index is -4.59. The number of hydrogen-bond donors (Lipinski definition) is 1. The van der Waals surface area contributed by atoms with Crippen molar-refractivity contribution >= 4 is 5.69 Å². The molecule has 176 valence electrons. The summed E-state index contributed by atoms with van der Waals surface area (Å²) >= 11 is 0. The first-order valence-electron chi connectivity index (χ1n) is 9.62. The zero-order valence-corrected chi connectivity index (χ0v) is 17.3. The zero-order chi connectivity index (χ0) is 24.7. The first-order valence-corrected chi connectivity index (χ1v) is 9.62. The Bertz CT molecular complexity index is 1290. The van der Waals surface area contributed by atoms with Crippen LogP contribution in [-0.2, 0) is 6.18 Å². The van der Waals surface area contributed by atoms with Crippen molar-refractivity contribution in [2.45, 2.75) is 19.4 Å². The lowest BCUT2D eigenvalue weighted by Crippen LogP contribution is -2.38. The Kier molecular flexibility index (Phi) is 5.72. The fraction of sp³-hybridized carbons (Fsp3) is 0.182. The third-order valence-corrected chi connectivity index (χ3v) is 4.88. The molecule has 0 aliphatic carbocycles. The van der Waals surface area contributed by atoms with E-state index in [1.165, 1.54) is 49.7 Å². The van der Waals surface area contributed by atoms with Crippen LogP contribution < -0.4 is 4.90 Å². The molecule has 4 rings (SSSR count). The third kappa shape index (κ3) is 4.68. The van der Waals surface area contributed by atoms with Crippen LogP contribution in [0.3, 0.4) is 0 Å². The average Bonchev–Trinajstić information content (AvgIpc) is 3.40. The Hall–Kier alpha value is -4.01. The van der Waals surface area contributed by atoms with E-state index in [2.05, 4.69) is 26.8 Å². The number of aromatic nitrogens is 3. The molecule has 1 aromatic carbocycles. The van der Waals surface area contributed by atoms with Crippen molar-refractivity contribution in [1.29, 1.82) is 0 Å². The van der Waals surface area contributed by atoms with Crippen molar-refractivity contribution < 1.29 is 30.7 Å². The lowest BCUT2D eigenvalue weighted by Gasteiger charge is -2.25. The van der Waals surface area contributed by atoms with Crippen LogP contribution in [-0.4, -0.2) is 32.8 Å². The van der Waals surface area contributed by atoms with Gasteiger partial charge >= 0.3 is 12.5 Å². The summed E-state index contributed by atoms with van der Waals surface area (Å²) in [6.45, 7) is 0.690. The van der Waals surface area contributed by atoms with E-state index in [0.717, 1.165) is 4.90 Å². The van der Waals surface area contributed by atoms with E-state index in [0.29, 0.717) is 11.8 Å². The van der Waals surface area contributed by atoms with Crippen LogP contribution in [0.4, 0.5) is 36.4 Å². The van der Waals surface area contributed by atoms with Crippen molar-refractivity contribution in [1.82, 2.24) is 19.9 Å². The van der Waals surface area contributed by atoms with Gasteiger partial charge in [0.2, 0.25) is 0 Å². The number of rotatable bonds is 2. The molecule has 12 heteroatoms. The minimum absolute atomic E-state index is 0.0426. The normalized spacial score (nSPS) is 14.2. The van der Waals surface area contributed by atoms with Crippen molar-refractivity contribution in [3.8, 4) is 23.4 Å². The summed E-state index contributed by atoms with van der Waals surface area (Å²) in [6, 6.07) is 7.07. The predicted molar refractivity (Wildman–Crippen MR) is 108 cm³/mol. The van der Waals surface area contributed by atoms with Gasteiger partial charge in [-0.25, -0.2) is 9.37 Å². The number of alkyl halides is 6. The summed E-state index contributed by atoms with van der Waals surface area (Å²) in [5.74, 6) is 4.43. The van der Waals surface area contributed by atoms with Crippen molar-refractivity contribution in [3.05, 3.63) is 77.3 Å². The number of anilines is 1. The second kappa shape index (κ2) is 8.40. The number of nitrogens with one attached hydrogen (secondary N) is 1. The van der Waals surface area contributed by atoms with Crippen LogP contribution >= 0.6 is 0 Å². The number of allylic oxidation sites excluding steroid dienone is 1. The fourth-order valence-corrected chi connectivity index (χ4v) is 3.21. The largest absolute Gasteiger partial charge is 0.486 e. The highest BCUT2D eigenvalue weighted by molar-refractivity contribution is 5.58. The molecule has 3 aromatic rings. The van der Waals surface area contributed by atoms with Gasteiger partial charge in [0.05, 0.1) is 17.4 Å². The van der Waals surface area contributed by atoms with E-state index in [1.807, 2.05) is 0 Å². The highest BCUT2D eigenvalue weighted by Gasteiger charge is 2.41. The maximum Gasteiger partial charge on any atom is 0.486 e. The highest BCUT2D eigenvalue weighted by Crippen LogP contribution is 2.34. The number of H-pyrrole nitrogens is 1. The Morgan fingerprint density at radius 3 is 2.32 bits per heavy atom. The molecule has 2 aromatic heterocycles. The molecular formula is C22H14F7N5. The predicted octanol–water partition coefficient (Wildman–Crippen LogP) is 5.49. The topological polar surface area (TPSA) is 48.1 Å². The van der Waals surface area contributed by atoms with E-state index >= 15 is 0 Å². The van der Waals surface area contributed by atoms with E-state index < -0.39 is 30.7 Å². The summed E-state index contributed by atoms with van der Waals surface area (Å²) < 4.78 is 92.2. The maximum atomic E-state index is 15.0. The molecule has 0 unspecified atom stereocenters. The maximum absolute atomic E-state index is 15.0. The first-order chi connectivity index (χ1) is 15.9. The molecule has 0 spiro atoms. The van der Waals surface area contributed by atoms with Crippen molar-refractivity contribution in [2.24, 2.45) is 0 Å². The smallest absolute Gasteiger partial charge is 0.333 e. The van der Waals surface area contributed by atoms with Gasteiger partial charge in [0.1, 0.15) is 18.1 Å². The number of pyridine rings is 1. The third-order valence-electron chi connectivity index (χ3n) is 4.88. The molecule has 1 aliphatic heterocycles. The van der Waals surface area contributed by atoms with Crippen molar-refractivity contribution in [3.63, 3.8) is 0 Å².